The van der Waals surface area contributed by atoms with Crippen molar-refractivity contribution < 1.29 is 17.9 Å². The molecule has 7 nitrogen and oxygen atoms in total. The number of aromatic nitrogens is 1. The van der Waals surface area contributed by atoms with Gasteiger partial charge < -0.3 is 14.6 Å². The summed E-state index contributed by atoms with van der Waals surface area (Å²) in [7, 11) is -1.88. The zero-order valence-corrected chi connectivity index (χ0v) is 18.1. The molecule has 0 saturated carbocycles. The Morgan fingerprint density at radius 1 is 1.14 bits per heavy atom. The molecule has 0 bridgehead atoms. The van der Waals surface area contributed by atoms with Crippen molar-refractivity contribution >= 4 is 15.9 Å². The number of sulfonamides is 1. The molecule has 0 aliphatic carbocycles. The highest BCUT2D eigenvalue weighted by Gasteiger charge is 2.28. The number of piperidine rings is 1. The van der Waals surface area contributed by atoms with Crippen molar-refractivity contribution in [2.45, 2.75) is 38.0 Å². The van der Waals surface area contributed by atoms with Crippen LogP contribution in [0.5, 0.6) is 5.75 Å². The van der Waals surface area contributed by atoms with E-state index in [0.29, 0.717) is 31.9 Å². The van der Waals surface area contributed by atoms with Crippen LogP contribution >= 0.6 is 0 Å². The average Bonchev–Trinajstić information content (AvgIpc) is 3.10. The highest BCUT2D eigenvalue weighted by atomic mass is 32.2. The van der Waals surface area contributed by atoms with Gasteiger partial charge in [-0.2, -0.15) is 4.31 Å². The molecule has 1 aliphatic rings. The number of amides is 1. The van der Waals surface area contributed by atoms with Gasteiger partial charge in [0.2, 0.25) is 10.0 Å². The van der Waals surface area contributed by atoms with Crippen LogP contribution in [0.1, 0.15) is 40.9 Å². The predicted molar refractivity (Wildman–Crippen MR) is 112 cm³/mol. The minimum absolute atomic E-state index is 0.166. The molecule has 1 N–H and O–H groups in total. The molecule has 0 unspecified atom stereocenters. The first kappa shape index (κ1) is 21.4. The minimum atomic E-state index is -3.56. The van der Waals surface area contributed by atoms with Crippen LogP contribution < -0.4 is 10.1 Å². The first-order valence-corrected chi connectivity index (χ1v) is 11.4. The largest absolute Gasteiger partial charge is 0.491 e. The Morgan fingerprint density at radius 2 is 1.79 bits per heavy atom. The molecule has 158 valence electrons. The zero-order chi connectivity index (χ0) is 21.0. The van der Waals surface area contributed by atoms with Crippen molar-refractivity contribution in [2.24, 2.45) is 7.05 Å². The number of benzene rings is 1. The summed E-state index contributed by atoms with van der Waals surface area (Å²) in [5, 5.41) is 2.80. The van der Waals surface area contributed by atoms with Gasteiger partial charge in [0, 0.05) is 26.3 Å². The van der Waals surface area contributed by atoms with Gasteiger partial charge >= 0.3 is 0 Å². The fourth-order valence-corrected chi connectivity index (χ4v) is 5.18. The van der Waals surface area contributed by atoms with Crippen molar-refractivity contribution in [3.8, 4) is 5.75 Å². The van der Waals surface area contributed by atoms with Gasteiger partial charge in [-0.3, -0.25) is 4.79 Å². The van der Waals surface area contributed by atoms with Gasteiger partial charge in [0.05, 0.1) is 6.54 Å². The van der Waals surface area contributed by atoms with Gasteiger partial charge in [-0.1, -0.05) is 24.6 Å². The summed E-state index contributed by atoms with van der Waals surface area (Å²) in [6.45, 7) is 5.69. The van der Waals surface area contributed by atoms with E-state index in [1.807, 2.05) is 32.0 Å². The highest BCUT2D eigenvalue weighted by molar-refractivity contribution is 7.89. The number of carbonyl (C=O) groups is 1. The van der Waals surface area contributed by atoms with E-state index in [1.165, 1.54) is 16.6 Å². The fourth-order valence-electron chi connectivity index (χ4n) is 3.59. The van der Waals surface area contributed by atoms with Crippen molar-refractivity contribution in [1.82, 2.24) is 14.2 Å². The number of para-hydroxylation sites is 1. The van der Waals surface area contributed by atoms with E-state index in [2.05, 4.69) is 5.32 Å². The van der Waals surface area contributed by atoms with Crippen molar-refractivity contribution in [3.63, 3.8) is 0 Å². The third kappa shape index (κ3) is 4.82. The maximum absolute atomic E-state index is 12.8. The summed E-state index contributed by atoms with van der Waals surface area (Å²) in [5.41, 5.74) is 2.41. The topological polar surface area (TPSA) is 80.6 Å². The van der Waals surface area contributed by atoms with Crippen LogP contribution in [-0.2, 0) is 17.1 Å². The van der Waals surface area contributed by atoms with Gasteiger partial charge in [-0.15, -0.1) is 0 Å². The Kier molecular flexibility index (Phi) is 6.64. The average molecular weight is 420 g/mol. The standard InChI is InChI=1S/C21H29N3O4S/c1-16-8-7-9-17(2)20(16)28-13-10-22-21(25)19-14-18(15-23(19)3)29(26,27)24-11-5-4-6-12-24/h7-9,14-15H,4-6,10-13H2,1-3H3,(H,22,25). The molecule has 0 radical (unpaired) electrons. The molecule has 3 rings (SSSR count). The van der Waals surface area contributed by atoms with E-state index in [-0.39, 0.29) is 10.8 Å². The molecule has 2 heterocycles. The molecular weight excluding hydrogens is 390 g/mol. The Hall–Kier alpha value is -2.32. The molecule has 29 heavy (non-hydrogen) atoms. The van der Waals surface area contributed by atoms with Crippen molar-refractivity contribution in [2.75, 3.05) is 26.2 Å². The molecule has 1 fully saturated rings. The molecular formula is C21H29N3O4S. The molecule has 0 spiro atoms. The Labute approximate surface area is 172 Å². The van der Waals surface area contributed by atoms with Crippen LogP contribution in [-0.4, -0.2) is 49.4 Å². The highest BCUT2D eigenvalue weighted by Crippen LogP contribution is 2.23. The first-order valence-electron chi connectivity index (χ1n) is 9.94. The molecule has 1 saturated heterocycles. The van der Waals surface area contributed by atoms with Crippen LogP contribution in [0, 0.1) is 13.8 Å². The number of hydrogen-bond donors (Lipinski definition) is 1. The second-order valence-electron chi connectivity index (χ2n) is 7.46. The summed E-state index contributed by atoms with van der Waals surface area (Å²) in [5.74, 6) is 0.508. The quantitative estimate of drug-likeness (QED) is 0.700. The van der Waals surface area contributed by atoms with Gasteiger partial charge in [-0.05, 0) is 43.9 Å². The number of aryl methyl sites for hydroxylation is 3. The van der Waals surface area contributed by atoms with E-state index in [1.54, 1.807) is 11.6 Å². The minimum Gasteiger partial charge on any atom is -0.491 e. The molecule has 0 atom stereocenters. The molecule has 1 aliphatic heterocycles. The molecule has 1 aromatic carbocycles. The van der Waals surface area contributed by atoms with Crippen LogP contribution in [0.3, 0.4) is 0 Å². The number of rotatable bonds is 7. The summed E-state index contributed by atoms with van der Waals surface area (Å²) in [6, 6.07) is 7.39. The van der Waals surface area contributed by atoms with Crippen LogP contribution in [0.25, 0.3) is 0 Å². The van der Waals surface area contributed by atoms with E-state index in [9.17, 15) is 13.2 Å². The molecule has 1 aromatic heterocycles. The van der Waals surface area contributed by atoms with Gasteiger partial charge in [-0.25, -0.2) is 8.42 Å². The van der Waals surface area contributed by atoms with Gasteiger partial charge in [0.1, 0.15) is 22.9 Å². The first-order chi connectivity index (χ1) is 13.8. The smallest absolute Gasteiger partial charge is 0.268 e. The summed E-state index contributed by atoms with van der Waals surface area (Å²) in [4.78, 5) is 12.7. The lowest BCUT2D eigenvalue weighted by Gasteiger charge is -2.25. The van der Waals surface area contributed by atoms with E-state index in [4.69, 9.17) is 4.74 Å². The normalized spacial score (nSPS) is 15.3. The molecule has 8 heteroatoms. The second kappa shape index (κ2) is 9.00. The number of carbonyl (C=O) groups excluding carboxylic acids is 1. The Morgan fingerprint density at radius 3 is 2.45 bits per heavy atom. The van der Waals surface area contributed by atoms with E-state index in [0.717, 1.165) is 36.1 Å². The third-order valence-electron chi connectivity index (χ3n) is 5.21. The van der Waals surface area contributed by atoms with Crippen LogP contribution in [0.15, 0.2) is 35.4 Å². The van der Waals surface area contributed by atoms with Crippen LogP contribution in [0.4, 0.5) is 0 Å². The molecule has 1 amide bonds. The van der Waals surface area contributed by atoms with Crippen molar-refractivity contribution in [3.05, 3.63) is 47.3 Å². The van der Waals surface area contributed by atoms with E-state index < -0.39 is 10.0 Å². The lowest BCUT2D eigenvalue weighted by molar-refractivity contribution is 0.0939. The maximum Gasteiger partial charge on any atom is 0.268 e. The lowest BCUT2D eigenvalue weighted by atomic mass is 10.1. The van der Waals surface area contributed by atoms with Gasteiger partial charge in [0.15, 0.2) is 0 Å². The number of nitrogens with zero attached hydrogens (tertiary/aromatic N) is 2. The SMILES string of the molecule is Cc1cccc(C)c1OCCNC(=O)c1cc(S(=O)(=O)N2CCCCC2)cn1C. The third-order valence-corrected chi connectivity index (χ3v) is 7.07. The summed E-state index contributed by atoms with van der Waals surface area (Å²) in [6.07, 6.45) is 4.31. The number of ether oxygens (including phenoxy) is 1. The number of hydrogen-bond acceptors (Lipinski definition) is 4. The lowest BCUT2D eigenvalue weighted by Crippen LogP contribution is -2.35. The summed E-state index contributed by atoms with van der Waals surface area (Å²) >= 11 is 0. The molecule has 2 aromatic rings. The van der Waals surface area contributed by atoms with E-state index >= 15 is 0 Å². The van der Waals surface area contributed by atoms with Gasteiger partial charge in [0.25, 0.3) is 5.91 Å². The Balaban J connectivity index is 1.60. The summed E-state index contributed by atoms with van der Waals surface area (Å²) < 4.78 is 34.5. The monoisotopic (exact) mass is 419 g/mol. The number of nitrogens with one attached hydrogen (secondary N) is 1. The predicted octanol–water partition coefficient (Wildman–Crippen LogP) is 2.63. The fraction of sp³-hybridized carbons (Fsp3) is 0.476. The van der Waals surface area contributed by atoms with Crippen molar-refractivity contribution in [1.29, 1.82) is 0 Å². The Bertz CT molecular complexity index is 956. The van der Waals surface area contributed by atoms with Crippen LogP contribution in [0.2, 0.25) is 0 Å². The zero-order valence-electron chi connectivity index (χ0n) is 17.3. The maximum atomic E-state index is 12.8. The second-order valence-corrected chi connectivity index (χ2v) is 9.40.